The highest BCUT2D eigenvalue weighted by atomic mass is 32.2. The Morgan fingerprint density at radius 3 is 1.96 bits per heavy atom. The van der Waals surface area contributed by atoms with Crippen LogP contribution < -0.4 is 0 Å². The van der Waals surface area contributed by atoms with Crippen LogP contribution in [0.3, 0.4) is 0 Å². The van der Waals surface area contributed by atoms with Crippen LogP contribution in [0.1, 0.15) is 47.1 Å². The van der Waals surface area contributed by atoms with Gasteiger partial charge < -0.3 is 4.90 Å². The molecule has 1 aliphatic carbocycles. The SMILES string of the molecule is Cc1c(C)c(C)c(S(=O)(=O)N2CCN(C(=O)C[C@H]3C=CCC3)CC2)c(C)c1C. The molecule has 1 heterocycles. The fraction of sp³-hybridized carbons (Fsp3) is 0.591. The minimum atomic E-state index is -3.57. The molecule has 1 saturated heterocycles. The van der Waals surface area contributed by atoms with E-state index >= 15 is 0 Å². The van der Waals surface area contributed by atoms with Crippen molar-refractivity contribution >= 4 is 15.9 Å². The van der Waals surface area contributed by atoms with Gasteiger partial charge in [0.25, 0.3) is 0 Å². The number of hydrogen-bond donors (Lipinski definition) is 0. The fourth-order valence-electron chi connectivity index (χ4n) is 4.38. The number of amides is 1. The third-order valence-electron chi connectivity index (χ3n) is 6.67. The molecule has 2 aliphatic rings. The summed E-state index contributed by atoms with van der Waals surface area (Å²) in [6.07, 6.45) is 6.91. The van der Waals surface area contributed by atoms with E-state index in [1.54, 1.807) is 4.31 Å². The largest absolute Gasteiger partial charge is 0.340 e. The summed E-state index contributed by atoms with van der Waals surface area (Å²) in [6.45, 7) is 11.5. The van der Waals surface area contributed by atoms with Gasteiger partial charge in [-0.05, 0) is 81.2 Å². The van der Waals surface area contributed by atoms with Crippen LogP contribution >= 0.6 is 0 Å². The van der Waals surface area contributed by atoms with Crippen LogP contribution in [0.25, 0.3) is 0 Å². The average Bonchev–Trinajstić information content (AvgIpc) is 3.18. The maximum atomic E-state index is 13.4. The van der Waals surface area contributed by atoms with Gasteiger partial charge in [-0.3, -0.25) is 4.79 Å². The maximum absolute atomic E-state index is 13.4. The minimum absolute atomic E-state index is 0.142. The van der Waals surface area contributed by atoms with Crippen molar-refractivity contribution in [3.8, 4) is 0 Å². The Morgan fingerprint density at radius 2 is 1.46 bits per heavy atom. The first kappa shape index (κ1) is 21.1. The Bertz CT molecular complexity index is 881. The lowest BCUT2D eigenvalue weighted by molar-refractivity contribution is -0.133. The molecule has 1 fully saturated rings. The van der Waals surface area contributed by atoms with E-state index < -0.39 is 10.0 Å². The zero-order chi connectivity index (χ0) is 20.6. The molecule has 0 radical (unpaired) electrons. The van der Waals surface area contributed by atoms with E-state index in [0.717, 1.165) is 40.7 Å². The second-order valence-corrected chi connectivity index (χ2v) is 10.1. The van der Waals surface area contributed by atoms with E-state index in [2.05, 4.69) is 12.2 Å². The van der Waals surface area contributed by atoms with Crippen molar-refractivity contribution in [1.82, 2.24) is 9.21 Å². The number of hydrogen-bond acceptors (Lipinski definition) is 3. The van der Waals surface area contributed by atoms with Gasteiger partial charge in [-0.1, -0.05) is 12.2 Å². The summed E-state index contributed by atoms with van der Waals surface area (Å²) in [4.78, 5) is 14.8. The van der Waals surface area contributed by atoms with E-state index in [1.807, 2.05) is 39.5 Å². The van der Waals surface area contributed by atoms with Gasteiger partial charge in [-0.15, -0.1) is 0 Å². The first-order valence-corrected chi connectivity index (χ1v) is 11.6. The molecule has 0 aromatic heterocycles. The number of benzene rings is 1. The molecule has 6 heteroatoms. The van der Waals surface area contributed by atoms with Gasteiger partial charge in [0.1, 0.15) is 0 Å². The van der Waals surface area contributed by atoms with Gasteiger partial charge in [-0.2, -0.15) is 4.31 Å². The number of piperazine rings is 1. The molecule has 0 saturated carbocycles. The molecule has 1 atom stereocenters. The zero-order valence-electron chi connectivity index (χ0n) is 17.7. The van der Waals surface area contributed by atoms with E-state index in [9.17, 15) is 13.2 Å². The molecule has 0 spiro atoms. The molecule has 0 bridgehead atoms. The first-order chi connectivity index (χ1) is 13.1. The number of carbonyl (C=O) groups excluding carboxylic acids is 1. The Balaban J connectivity index is 1.75. The number of carbonyl (C=O) groups is 1. The molecule has 1 aromatic carbocycles. The molecule has 1 aliphatic heterocycles. The lowest BCUT2D eigenvalue weighted by Crippen LogP contribution is -2.50. The normalized spacial score (nSPS) is 20.8. The van der Waals surface area contributed by atoms with Crippen molar-refractivity contribution < 1.29 is 13.2 Å². The molecule has 0 unspecified atom stereocenters. The predicted octanol–water partition coefficient (Wildman–Crippen LogP) is 3.42. The van der Waals surface area contributed by atoms with Crippen molar-refractivity contribution in [3.05, 3.63) is 40.0 Å². The van der Waals surface area contributed by atoms with Gasteiger partial charge in [0, 0.05) is 32.6 Å². The van der Waals surface area contributed by atoms with Gasteiger partial charge in [0.05, 0.1) is 4.90 Å². The van der Waals surface area contributed by atoms with Gasteiger partial charge in [0.2, 0.25) is 15.9 Å². The third-order valence-corrected chi connectivity index (χ3v) is 8.84. The standard InChI is InChI=1S/C22H32N2O3S/c1-15-16(2)18(4)22(19(5)17(15)3)28(26,27)24-12-10-23(11-13-24)21(25)14-20-8-6-7-9-20/h6,8,20H,7,9-14H2,1-5H3/t20-/m0/s1. The average molecular weight is 405 g/mol. The molecule has 28 heavy (non-hydrogen) atoms. The summed E-state index contributed by atoms with van der Waals surface area (Å²) >= 11 is 0. The quantitative estimate of drug-likeness (QED) is 0.723. The van der Waals surface area contributed by atoms with Gasteiger partial charge >= 0.3 is 0 Å². The summed E-state index contributed by atoms with van der Waals surface area (Å²) in [7, 11) is -3.57. The Hall–Kier alpha value is -1.66. The summed E-state index contributed by atoms with van der Waals surface area (Å²) in [5, 5.41) is 0. The fourth-order valence-corrected chi connectivity index (χ4v) is 6.36. The van der Waals surface area contributed by atoms with Crippen molar-refractivity contribution in [2.45, 2.75) is 58.8 Å². The van der Waals surface area contributed by atoms with Crippen LogP contribution in [0.4, 0.5) is 0 Å². The topological polar surface area (TPSA) is 57.7 Å². The number of allylic oxidation sites excluding steroid dienone is 2. The lowest BCUT2D eigenvalue weighted by Gasteiger charge is -2.35. The van der Waals surface area contributed by atoms with Crippen LogP contribution in [-0.4, -0.2) is 49.7 Å². The number of nitrogens with zero attached hydrogens (tertiary/aromatic N) is 2. The van der Waals surface area contributed by atoms with Crippen LogP contribution in [0.2, 0.25) is 0 Å². The molecule has 0 N–H and O–H groups in total. The Morgan fingerprint density at radius 1 is 0.929 bits per heavy atom. The molecule has 154 valence electrons. The third kappa shape index (κ3) is 3.77. The van der Waals surface area contributed by atoms with E-state index in [1.165, 1.54) is 0 Å². The molecule has 3 rings (SSSR count). The highest BCUT2D eigenvalue weighted by Crippen LogP contribution is 2.32. The second kappa shape index (κ2) is 7.99. The van der Waals surface area contributed by atoms with E-state index in [0.29, 0.717) is 43.4 Å². The predicted molar refractivity (Wildman–Crippen MR) is 112 cm³/mol. The van der Waals surface area contributed by atoms with Crippen molar-refractivity contribution in [2.75, 3.05) is 26.2 Å². The number of rotatable bonds is 4. The van der Waals surface area contributed by atoms with Crippen LogP contribution in [0, 0.1) is 40.5 Å². The Kier molecular flexibility index (Phi) is 6.01. The maximum Gasteiger partial charge on any atom is 0.243 e. The van der Waals surface area contributed by atoms with Gasteiger partial charge in [0.15, 0.2) is 0 Å². The van der Waals surface area contributed by atoms with E-state index in [4.69, 9.17) is 0 Å². The molecule has 5 nitrogen and oxygen atoms in total. The summed E-state index contributed by atoms with van der Waals surface area (Å²) in [5.74, 6) is 0.487. The first-order valence-electron chi connectivity index (χ1n) is 10.2. The highest BCUT2D eigenvalue weighted by Gasteiger charge is 2.33. The summed E-state index contributed by atoms with van der Waals surface area (Å²) in [5.41, 5.74) is 4.92. The van der Waals surface area contributed by atoms with Crippen LogP contribution in [-0.2, 0) is 14.8 Å². The highest BCUT2D eigenvalue weighted by molar-refractivity contribution is 7.89. The van der Waals surface area contributed by atoms with Crippen LogP contribution in [0.15, 0.2) is 17.0 Å². The smallest absolute Gasteiger partial charge is 0.243 e. The summed E-state index contributed by atoms with van der Waals surface area (Å²) in [6, 6.07) is 0. The molecule has 1 aromatic rings. The zero-order valence-corrected chi connectivity index (χ0v) is 18.5. The monoisotopic (exact) mass is 404 g/mol. The molecular weight excluding hydrogens is 372 g/mol. The van der Waals surface area contributed by atoms with Crippen molar-refractivity contribution in [1.29, 1.82) is 0 Å². The second-order valence-electron chi connectivity index (χ2n) is 8.21. The Labute approximate surface area is 169 Å². The number of sulfonamides is 1. The van der Waals surface area contributed by atoms with E-state index in [-0.39, 0.29) is 5.91 Å². The minimum Gasteiger partial charge on any atom is -0.340 e. The van der Waals surface area contributed by atoms with Crippen molar-refractivity contribution in [2.24, 2.45) is 5.92 Å². The van der Waals surface area contributed by atoms with Crippen molar-refractivity contribution in [3.63, 3.8) is 0 Å². The molecule has 1 amide bonds. The van der Waals surface area contributed by atoms with Crippen LogP contribution in [0.5, 0.6) is 0 Å². The summed E-state index contributed by atoms with van der Waals surface area (Å²) < 4.78 is 28.4. The molecular formula is C22H32N2O3S. The lowest BCUT2D eigenvalue weighted by atomic mass is 9.95. The van der Waals surface area contributed by atoms with Gasteiger partial charge in [-0.25, -0.2) is 8.42 Å².